The lowest BCUT2D eigenvalue weighted by atomic mass is 10.2. The van der Waals surface area contributed by atoms with E-state index in [1.807, 2.05) is 80.6 Å². The number of benzene rings is 3. The molecule has 0 unspecified atom stereocenters. The van der Waals surface area contributed by atoms with E-state index in [2.05, 4.69) is 10.4 Å². The second kappa shape index (κ2) is 8.02. The molecule has 0 aliphatic carbocycles. The molecule has 0 aliphatic heterocycles. The third-order valence-corrected chi connectivity index (χ3v) is 4.43. The molecule has 3 aromatic carbocycles. The molecule has 29 heavy (non-hydrogen) atoms. The molecular formula is C24H21N3O2. The summed E-state index contributed by atoms with van der Waals surface area (Å²) in [5.41, 5.74) is 3.38. The van der Waals surface area contributed by atoms with E-state index in [0.29, 0.717) is 17.1 Å². The number of carbonyl (C=O) groups is 1. The van der Waals surface area contributed by atoms with Crippen LogP contribution in [0.4, 0.5) is 5.82 Å². The summed E-state index contributed by atoms with van der Waals surface area (Å²) in [6.45, 7) is 3.93. The first-order valence-corrected chi connectivity index (χ1v) is 9.36. The lowest BCUT2D eigenvalue weighted by Crippen LogP contribution is -2.15. The number of aryl methyl sites for hydroxylation is 2. The molecule has 1 N–H and O–H groups in total. The van der Waals surface area contributed by atoms with E-state index < -0.39 is 0 Å². The molecule has 1 amide bonds. The van der Waals surface area contributed by atoms with E-state index in [4.69, 9.17) is 4.74 Å². The fraction of sp³-hybridized carbons (Fsp3) is 0.0833. The van der Waals surface area contributed by atoms with Crippen LogP contribution < -0.4 is 10.1 Å². The third-order valence-electron chi connectivity index (χ3n) is 4.43. The molecule has 5 heteroatoms. The van der Waals surface area contributed by atoms with Gasteiger partial charge in [0.1, 0.15) is 17.3 Å². The Bertz CT molecular complexity index is 1130. The number of nitrogens with zero attached hydrogens (tertiary/aromatic N) is 2. The normalized spacial score (nSPS) is 10.6. The average Bonchev–Trinajstić information content (AvgIpc) is 3.09. The predicted molar refractivity (Wildman–Crippen MR) is 114 cm³/mol. The van der Waals surface area contributed by atoms with Gasteiger partial charge in [0.05, 0.1) is 11.4 Å². The van der Waals surface area contributed by atoms with Gasteiger partial charge in [-0.1, -0.05) is 42.0 Å². The highest BCUT2D eigenvalue weighted by molar-refractivity contribution is 6.04. The van der Waals surface area contributed by atoms with Gasteiger partial charge in [0.25, 0.3) is 5.91 Å². The standard InChI is InChI=1S/C24H21N3O2/c1-17-11-13-20(14-12-17)27-23(15-18(2)26-27)25-24(28)19-7-6-10-22(16-19)29-21-8-4-3-5-9-21/h3-16H,1-2H3,(H,25,28). The van der Waals surface area contributed by atoms with Gasteiger partial charge in [-0.05, 0) is 56.3 Å². The monoisotopic (exact) mass is 383 g/mol. The van der Waals surface area contributed by atoms with Gasteiger partial charge in [-0.15, -0.1) is 0 Å². The van der Waals surface area contributed by atoms with Crippen LogP contribution in [0.15, 0.2) is 84.9 Å². The fourth-order valence-corrected chi connectivity index (χ4v) is 2.99. The molecule has 1 aromatic heterocycles. The van der Waals surface area contributed by atoms with Crippen molar-refractivity contribution in [3.63, 3.8) is 0 Å². The second-order valence-electron chi connectivity index (χ2n) is 6.82. The van der Waals surface area contributed by atoms with E-state index in [1.54, 1.807) is 22.9 Å². The zero-order valence-electron chi connectivity index (χ0n) is 16.3. The highest BCUT2D eigenvalue weighted by atomic mass is 16.5. The molecule has 5 nitrogen and oxygen atoms in total. The topological polar surface area (TPSA) is 56.2 Å². The molecule has 1 heterocycles. The number of aromatic nitrogens is 2. The number of amides is 1. The molecule has 0 radical (unpaired) electrons. The van der Waals surface area contributed by atoms with Crippen LogP contribution in [0.3, 0.4) is 0 Å². The number of nitrogens with one attached hydrogen (secondary N) is 1. The number of ether oxygens (including phenoxy) is 1. The molecule has 4 aromatic rings. The molecule has 0 atom stereocenters. The predicted octanol–water partition coefficient (Wildman–Crippen LogP) is 5.53. The molecular weight excluding hydrogens is 362 g/mol. The largest absolute Gasteiger partial charge is 0.457 e. The molecule has 0 aliphatic rings. The Morgan fingerprint density at radius 2 is 1.59 bits per heavy atom. The molecule has 144 valence electrons. The Hall–Kier alpha value is -3.86. The van der Waals surface area contributed by atoms with Gasteiger partial charge < -0.3 is 10.1 Å². The Morgan fingerprint density at radius 1 is 0.862 bits per heavy atom. The molecule has 0 saturated heterocycles. The van der Waals surface area contributed by atoms with E-state index in [0.717, 1.165) is 17.1 Å². The molecule has 0 spiro atoms. The summed E-state index contributed by atoms with van der Waals surface area (Å²) in [5.74, 6) is 1.72. The van der Waals surface area contributed by atoms with E-state index in [-0.39, 0.29) is 5.91 Å². The number of rotatable bonds is 5. The zero-order chi connectivity index (χ0) is 20.2. The average molecular weight is 383 g/mol. The van der Waals surface area contributed by atoms with E-state index >= 15 is 0 Å². The van der Waals surface area contributed by atoms with Crippen molar-refractivity contribution in [1.82, 2.24) is 9.78 Å². The minimum Gasteiger partial charge on any atom is -0.457 e. The van der Waals surface area contributed by atoms with Gasteiger partial charge in [0, 0.05) is 11.6 Å². The van der Waals surface area contributed by atoms with Crippen LogP contribution in [-0.2, 0) is 0 Å². The number of anilines is 1. The summed E-state index contributed by atoms with van der Waals surface area (Å²) in [6, 6.07) is 26.4. The van der Waals surface area contributed by atoms with Crippen LogP contribution in [-0.4, -0.2) is 15.7 Å². The first-order valence-electron chi connectivity index (χ1n) is 9.36. The Kier molecular flexibility index (Phi) is 5.12. The summed E-state index contributed by atoms with van der Waals surface area (Å²) in [6.07, 6.45) is 0. The molecule has 4 rings (SSSR count). The molecule has 0 saturated carbocycles. The smallest absolute Gasteiger partial charge is 0.256 e. The summed E-state index contributed by atoms with van der Waals surface area (Å²) in [7, 11) is 0. The van der Waals surface area contributed by atoms with Crippen LogP contribution in [0.2, 0.25) is 0 Å². The summed E-state index contributed by atoms with van der Waals surface area (Å²) >= 11 is 0. The number of carbonyl (C=O) groups excluding carboxylic acids is 1. The van der Waals surface area contributed by atoms with Crippen molar-refractivity contribution in [3.05, 3.63) is 102 Å². The Balaban J connectivity index is 1.56. The maximum atomic E-state index is 12.9. The van der Waals surface area contributed by atoms with Crippen LogP contribution in [0.1, 0.15) is 21.6 Å². The third kappa shape index (κ3) is 4.35. The second-order valence-corrected chi connectivity index (χ2v) is 6.82. The maximum absolute atomic E-state index is 12.9. The minimum absolute atomic E-state index is 0.225. The number of para-hydroxylation sites is 1. The van der Waals surface area contributed by atoms with Gasteiger partial charge in [-0.3, -0.25) is 4.79 Å². The highest BCUT2D eigenvalue weighted by Crippen LogP contribution is 2.23. The van der Waals surface area contributed by atoms with Crippen LogP contribution in [0, 0.1) is 13.8 Å². The minimum atomic E-state index is -0.225. The first kappa shape index (κ1) is 18.5. The van der Waals surface area contributed by atoms with Crippen molar-refractivity contribution in [1.29, 1.82) is 0 Å². The molecule has 0 bridgehead atoms. The first-order chi connectivity index (χ1) is 14.1. The Morgan fingerprint density at radius 3 is 2.34 bits per heavy atom. The number of hydrogen-bond acceptors (Lipinski definition) is 3. The SMILES string of the molecule is Cc1ccc(-n2nc(C)cc2NC(=O)c2cccc(Oc3ccccc3)c2)cc1. The Labute approximate surface area is 169 Å². The fourth-order valence-electron chi connectivity index (χ4n) is 2.99. The lowest BCUT2D eigenvalue weighted by molar-refractivity contribution is 0.102. The number of hydrogen-bond donors (Lipinski definition) is 1. The van der Waals surface area contributed by atoms with E-state index in [9.17, 15) is 4.79 Å². The van der Waals surface area contributed by atoms with Gasteiger partial charge in [0.2, 0.25) is 0 Å². The summed E-state index contributed by atoms with van der Waals surface area (Å²) < 4.78 is 7.56. The van der Waals surface area contributed by atoms with Crippen LogP contribution in [0.5, 0.6) is 11.5 Å². The van der Waals surface area contributed by atoms with Gasteiger partial charge in [0.15, 0.2) is 0 Å². The zero-order valence-corrected chi connectivity index (χ0v) is 16.3. The van der Waals surface area contributed by atoms with Gasteiger partial charge in [-0.2, -0.15) is 5.10 Å². The van der Waals surface area contributed by atoms with Crippen molar-refractivity contribution in [2.45, 2.75) is 13.8 Å². The molecule has 0 fully saturated rings. The quantitative estimate of drug-likeness (QED) is 0.493. The van der Waals surface area contributed by atoms with Crippen molar-refractivity contribution < 1.29 is 9.53 Å². The van der Waals surface area contributed by atoms with Crippen molar-refractivity contribution >= 4 is 11.7 Å². The van der Waals surface area contributed by atoms with Crippen LogP contribution in [0.25, 0.3) is 5.69 Å². The lowest BCUT2D eigenvalue weighted by Gasteiger charge is -2.10. The van der Waals surface area contributed by atoms with Gasteiger partial charge >= 0.3 is 0 Å². The van der Waals surface area contributed by atoms with Crippen molar-refractivity contribution in [2.75, 3.05) is 5.32 Å². The summed E-state index contributed by atoms with van der Waals surface area (Å²) in [4.78, 5) is 12.9. The van der Waals surface area contributed by atoms with E-state index in [1.165, 1.54) is 5.56 Å². The van der Waals surface area contributed by atoms with Crippen molar-refractivity contribution in [2.24, 2.45) is 0 Å². The van der Waals surface area contributed by atoms with Gasteiger partial charge in [-0.25, -0.2) is 4.68 Å². The maximum Gasteiger partial charge on any atom is 0.256 e. The highest BCUT2D eigenvalue weighted by Gasteiger charge is 2.13. The van der Waals surface area contributed by atoms with Crippen LogP contribution >= 0.6 is 0 Å². The summed E-state index contributed by atoms with van der Waals surface area (Å²) in [5, 5.41) is 7.47. The van der Waals surface area contributed by atoms with Crippen molar-refractivity contribution in [3.8, 4) is 17.2 Å².